The minimum absolute atomic E-state index is 0.00938. The largest absolute Gasteiger partial charge is 0.497 e. The van der Waals surface area contributed by atoms with Crippen LogP contribution in [0, 0.1) is 35.5 Å². The fourth-order valence-electron chi connectivity index (χ4n) is 4.94. The third-order valence-corrected chi connectivity index (χ3v) is 5.99. The second-order valence-corrected chi connectivity index (χ2v) is 6.86. The van der Waals surface area contributed by atoms with Crippen LogP contribution < -0.4 is 9.64 Å². The summed E-state index contributed by atoms with van der Waals surface area (Å²) in [6.07, 6.45) is 5.59. The van der Waals surface area contributed by atoms with Gasteiger partial charge in [-0.25, -0.2) is 0 Å². The first-order valence-electron chi connectivity index (χ1n) is 7.91. The van der Waals surface area contributed by atoms with Crippen molar-refractivity contribution in [1.29, 1.82) is 0 Å². The summed E-state index contributed by atoms with van der Waals surface area (Å²) in [5, 5.41) is 0. The van der Waals surface area contributed by atoms with E-state index < -0.39 is 0 Å². The van der Waals surface area contributed by atoms with Crippen LogP contribution in [-0.2, 0) is 9.59 Å². The van der Waals surface area contributed by atoms with Crippen LogP contribution in [0.3, 0.4) is 0 Å². The third kappa shape index (κ3) is 1.38. The minimum atomic E-state index is -0.131. The van der Waals surface area contributed by atoms with Crippen LogP contribution >= 0.6 is 0 Å². The van der Waals surface area contributed by atoms with Crippen molar-refractivity contribution in [2.45, 2.75) is 6.42 Å². The van der Waals surface area contributed by atoms with Gasteiger partial charge in [0.15, 0.2) is 0 Å². The van der Waals surface area contributed by atoms with E-state index in [0.29, 0.717) is 17.5 Å². The van der Waals surface area contributed by atoms with Crippen molar-refractivity contribution in [3.8, 4) is 5.75 Å². The molecule has 1 aromatic carbocycles. The molecule has 1 saturated heterocycles. The highest BCUT2D eigenvalue weighted by atomic mass is 16.5. The third-order valence-electron chi connectivity index (χ3n) is 5.99. The lowest BCUT2D eigenvalue weighted by molar-refractivity contribution is -0.124. The molecule has 0 radical (unpaired) electrons. The summed E-state index contributed by atoms with van der Waals surface area (Å²) < 4.78 is 5.15. The monoisotopic (exact) mass is 295 g/mol. The lowest BCUT2D eigenvalue weighted by Crippen LogP contribution is -2.40. The molecule has 3 fully saturated rings. The van der Waals surface area contributed by atoms with Gasteiger partial charge in [-0.2, -0.15) is 0 Å². The number of anilines is 1. The first kappa shape index (κ1) is 12.4. The van der Waals surface area contributed by atoms with Crippen LogP contribution in [0.1, 0.15) is 6.42 Å². The second kappa shape index (κ2) is 4.00. The molecule has 1 heterocycles. The summed E-state index contributed by atoms with van der Waals surface area (Å²) in [6.45, 7) is 0. The van der Waals surface area contributed by atoms with Gasteiger partial charge < -0.3 is 4.74 Å². The van der Waals surface area contributed by atoms with E-state index in [9.17, 15) is 9.59 Å². The molecule has 4 aliphatic carbocycles. The standard InChI is InChI=1S/C18H17NO3/c1-22-10-4-2-9(3-5-10)19-17(20)15-11-6-7-12(14-8-13(11)14)16(15)18(19)21/h2-7,11-16H,8H2,1H3/t11-,12+,13-,14-,15+,16-/m1/s1. The lowest BCUT2D eigenvalue weighted by atomic mass is 9.63. The van der Waals surface area contributed by atoms with E-state index in [0.717, 1.165) is 5.75 Å². The molecule has 6 atom stereocenters. The van der Waals surface area contributed by atoms with Gasteiger partial charge in [-0.05, 0) is 54.4 Å². The zero-order chi connectivity index (χ0) is 15.0. The first-order valence-corrected chi connectivity index (χ1v) is 7.91. The van der Waals surface area contributed by atoms with E-state index in [-0.39, 0.29) is 35.5 Å². The molecule has 0 aromatic heterocycles. The summed E-state index contributed by atoms with van der Waals surface area (Å²) in [6, 6.07) is 7.18. The Morgan fingerprint density at radius 1 is 0.955 bits per heavy atom. The summed E-state index contributed by atoms with van der Waals surface area (Å²) in [4.78, 5) is 27.2. The fraction of sp³-hybridized carbons (Fsp3) is 0.444. The SMILES string of the molecule is COc1ccc(N2C(=O)[C@@H]3[C@H]4C=C[C@H]([C@H]5C[C@H]45)[C@@H]3C2=O)cc1. The van der Waals surface area contributed by atoms with Crippen molar-refractivity contribution in [2.24, 2.45) is 35.5 Å². The topological polar surface area (TPSA) is 46.6 Å². The van der Waals surface area contributed by atoms with Gasteiger partial charge in [-0.1, -0.05) is 12.2 Å². The molecule has 1 aromatic rings. The van der Waals surface area contributed by atoms with Crippen molar-refractivity contribution in [3.63, 3.8) is 0 Å². The smallest absolute Gasteiger partial charge is 0.238 e. The average Bonchev–Trinajstić information content (AvgIpc) is 3.32. The van der Waals surface area contributed by atoms with E-state index in [1.54, 1.807) is 31.4 Å². The van der Waals surface area contributed by atoms with Crippen LogP contribution in [0.2, 0.25) is 0 Å². The number of benzene rings is 1. The number of hydrogen-bond acceptors (Lipinski definition) is 3. The summed E-state index contributed by atoms with van der Waals surface area (Å²) >= 11 is 0. The highest BCUT2D eigenvalue weighted by molar-refractivity contribution is 6.22. The second-order valence-electron chi connectivity index (χ2n) is 6.86. The first-order chi connectivity index (χ1) is 10.7. The van der Waals surface area contributed by atoms with Crippen LogP contribution in [0.25, 0.3) is 0 Å². The number of hydrogen-bond donors (Lipinski definition) is 0. The minimum Gasteiger partial charge on any atom is -0.497 e. The number of nitrogens with zero attached hydrogens (tertiary/aromatic N) is 1. The Bertz CT molecular complexity index is 672. The summed E-state index contributed by atoms with van der Waals surface area (Å²) in [5.41, 5.74) is 0.665. The molecule has 112 valence electrons. The summed E-state index contributed by atoms with van der Waals surface area (Å²) in [7, 11) is 1.60. The maximum absolute atomic E-state index is 12.9. The van der Waals surface area contributed by atoms with E-state index >= 15 is 0 Å². The molecule has 2 saturated carbocycles. The molecule has 2 amide bonds. The number of amides is 2. The number of methoxy groups -OCH3 is 1. The molecule has 0 unspecified atom stereocenters. The van der Waals surface area contributed by atoms with Gasteiger partial charge in [0.2, 0.25) is 11.8 Å². The molecule has 2 bridgehead atoms. The Labute approximate surface area is 128 Å². The van der Waals surface area contributed by atoms with Gasteiger partial charge in [0.25, 0.3) is 0 Å². The molecule has 22 heavy (non-hydrogen) atoms. The van der Waals surface area contributed by atoms with Gasteiger partial charge >= 0.3 is 0 Å². The molecule has 6 rings (SSSR count). The highest BCUT2D eigenvalue weighted by Gasteiger charge is 2.67. The zero-order valence-electron chi connectivity index (χ0n) is 12.3. The van der Waals surface area contributed by atoms with Crippen LogP contribution in [0.15, 0.2) is 36.4 Å². The van der Waals surface area contributed by atoms with Crippen molar-refractivity contribution < 1.29 is 14.3 Å². The summed E-state index contributed by atoms with van der Waals surface area (Å²) in [5.74, 6) is 2.28. The van der Waals surface area contributed by atoms with E-state index in [2.05, 4.69) is 12.2 Å². The predicted octanol–water partition coefficient (Wildman–Crippen LogP) is 2.25. The molecule has 4 heteroatoms. The highest BCUT2D eigenvalue weighted by Crippen LogP contribution is 2.65. The predicted molar refractivity (Wildman–Crippen MR) is 80.2 cm³/mol. The number of carbonyl (C=O) groups excluding carboxylic acids is 2. The van der Waals surface area contributed by atoms with Gasteiger partial charge in [-0.3, -0.25) is 14.5 Å². The Morgan fingerprint density at radius 3 is 2.00 bits per heavy atom. The number of ether oxygens (including phenoxy) is 1. The Hall–Kier alpha value is -2.10. The van der Waals surface area contributed by atoms with Crippen LogP contribution in [0.4, 0.5) is 5.69 Å². The zero-order valence-corrected chi connectivity index (χ0v) is 12.3. The number of allylic oxidation sites excluding steroid dienone is 2. The lowest BCUT2D eigenvalue weighted by Gasteiger charge is -2.37. The molecule has 1 aliphatic heterocycles. The van der Waals surface area contributed by atoms with Crippen molar-refractivity contribution >= 4 is 17.5 Å². The van der Waals surface area contributed by atoms with Crippen LogP contribution in [0.5, 0.6) is 5.75 Å². The molecular weight excluding hydrogens is 278 g/mol. The Balaban J connectivity index is 1.54. The fourth-order valence-corrected chi connectivity index (χ4v) is 4.94. The van der Waals surface area contributed by atoms with Crippen molar-refractivity contribution in [1.82, 2.24) is 0 Å². The molecule has 0 spiro atoms. The molecule has 4 nitrogen and oxygen atoms in total. The van der Waals surface area contributed by atoms with Crippen LogP contribution in [-0.4, -0.2) is 18.9 Å². The van der Waals surface area contributed by atoms with E-state index in [4.69, 9.17) is 4.74 Å². The maximum atomic E-state index is 12.9. The van der Waals surface area contributed by atoms with E-state index in [1.165, 1.54) is 11.3 Å². The molecule has 0 N–H and O–H groups in total. The number of imide groups is 1. The van der Waals surface area contributed by atoms with Gasteiger partial charge in [0.05, 0.1) is 24.6 Å². The van der Waals surface area contributed by atoms with Gasteiger partial charge in [0, 0.05) is 0 Å². The Morgan fingerprint density at radius 2 is 1.50 bits per heavy atom. The average molecular weight is 295 g/mol. The van der Waals surface area contributed by atoms with Crippen molar-refractivity contribution in [3.05, 3.63) is 36.4 Å². The maximum Gasteiger partial charge on any atom is 0.238 e. The molecular formula is C18H17NO3. The molecule has 5 aliphatic rings. The van der Waals surface area contributed by atoms with E-state index in [1.807, 2.05) is 0 Å². The number of rotatable bonds is 2. The number of carbonyl (C=O) groups is 2. The van der Waals surface area contributed by atoms with Gasteiger partial charge in [0.1, 0.15) is 5.75 Å². The van der Waals surface area contributed by atoms with Crippen molar-refractivity contribution in [2.75, 3.05) is 12.0 Å². The van der Waals surface area contributed by atoms with Gasteiger partial charge in [-0.15, -0.1) is 0 Å². The quantitative estimate of drug-likeness (QED) is 0.621. The Kier molecular flexibility index (Phi) is 2.26. The normalized spacial score (nSPS) is 40.7.